The number of benzene rings is 1. The van der Waals surface area contributed by atoms with Crippen molar-refractivity contribution in [3.63, 3.8) is 0 Å². The van der Waals surface area contributed by atoms with Crippen molar-refractivity contribution in [3.8, 4) is 11.5 Å². The quantitative estimate of drug-likeness (QED) is 0.901. The van der Waals surface area contributed by atoms with Gasteiger partial charge in [0, 0.05) is 31.8 Å². The van der Waals surface area contributed by atoms with Gasteiger partial charge in [0.05, 0.1) is 5.41 Å². The van der Waals surface area contributed by atoms with Crippen molar-refractivity contribution in [2.75, 3.05) is 31.6 Å². The van der Waals surface area contributed by atoms with Crippen LogP contribution in [-0.2, 0) is 9.59 Å². The molecule has 1 N–H and O–H groups in total. The topological polar surface area (TPSA) is 67.9 Å². The van der Waals surface area contributed by atoms with Crippen molar-refractivity contribution < 1.29 is 19.1 Å². The van der Waals surface area contributed by atoms with Gasteiger partial charge in [-0.15, -0.1) is 0 Å². The third-order valence-corrected chi connectivity index (χ3v) is 5.20. The van der Waals surface area contributed by atoms with Crippen LogP contribution in [0.1, 0.15) is 19.8 Å². The van der Waals surface area contributed by atoms with Crippen LogP contribution in [0.3, 0.4) is 0 Å². The molecule has 4 rings (SSSR count). The number of nitrogens with one attached hydrogen (secondary N) is 1. The number of nitrogens with zero attached hydrogens (tertiary/aromatic N) is 1. The third-order valence-electron chi connectivity index (χ3n) is 5.20. The second-order valence-electron chi connectivity index (χ2n) is 6.58. The Morgan fingerprint density at radius 2 is 2.04 bits per heavy atom. The van der Waals surface area contributed by atoms with Crippen LogP contribution in [0.4, 0.5) is 5.69 Å². The summed E-state index contributed by atoms with van der Waals surface area (Å²) in [7, 11) is 0. The minimum Gasteiger partial charge on any atom is -0.486 e. The van der Waals surface area contributed by atoms with Crippen LogP contribution in [0.15, 0.2) is 18.2 Å². The smallest absolute Gasteiger partial charge is 0.231 e. The van der Waals surface area contributed by atoms with Crippen LogP contribution >= 0.6 is 0 Å². The van der Waals surface area contributed by atoms with Gasteiger partial charge in [0.1, 0.15) is 13.2 Å². The van der Waals surface area contributed by atoms with Gasteiger partial charge in [0.25, 0.3) is 0 Å². The van der Waals surface area contributed by atoms with Crippen LogP contribution in [-0.4, -0.2) is 43.0 Å². The minimum atomic E-state index is -0.292. The fourth-order valence-corrected chi connectivity index (χ4v) is 3.67. The number of likely N-dealkylation sites (tertiary alicyclic amines) is 1. The first kappa shape index (κ1) is 14.4. The van der Waals surface area contributed by atoms with Gasteiger partial charge in [-0.05, 0) is 30.9 Å². The Kier molecular flexibility index (Phi) is 3.21. The van der Waals surface area contributed by atoms with Crippen molar-refractivity contribution in [3.05, 3.63) is 18.2 Å². The molecule has 23 heavy (non-hydrogen) atoms. The molecule has 1 saturated heterocycles. The number of amides is 2. The van der Waals surface area contributed by atoms with Crippen LogP contribution in [0.5, 0.6) is 11.5 Å². The van der Waals surface area contributed by atoms with Crippen molar-refractivity contribution >= 4 is 17.5 Å². The van der Waals surface area contributed by atoms with Crippen molar-refractivity contribution in [2.24, 2.45) is 11.3 Å². The minimum absolute atomic E-state index is 0.0578. The number of carbonyl (C=O) groups is 2. The number of piperidine rings is 1. The summed E-state index contributed by atoms with van der Waals surface area (Å²) >= 11 is 0. The van der Waals surface area contributed by atoms with E-state index in [-0.39, 0.29) is 23.1 Å². The van der Waals surface area contributed by atoms with Crippen LogP contribution in [0.25, 0.3) is 0 Å². The van der Waals surface area contributed by atoms with Crippen LogP contribution in [0, 0.1) is 11.3 Å². The highest BCUT2D eigenvalue weighted by Gasteiger charge is 2.61. The zero-order valence-electron chi connectivity index (χ0n) is 13.1. The summed E-state index contributed by atoms with van der Waals surface area (Å²) in [4.78, 5) is 26.0. The summed E-state index contributed by atoms with van der Waals surface area (Å²) in [5.41, 5.74) is 0.437. The van der Waals surface area contributed by atoms with E-state index in [1.807, 2.05) is 23.1 Å². The maximum atomic E-state index is 12.7. The van der Waals surface area contributed by atoms with Gasteiger partial charge in [-0.25, -0.2) is 0 Å². The molecule has 2 fully saturated rings. The largest absolute Gasteiger partial charge is 0.486 e. The van der Waals surface area contributed by atoms with Crippen molar-refractivity contribution in [1.82, 2.24) is 4.90 Å². The van der Waals surface area contributed by atoms with E-state index in [0.29, 0.717) is 37.8 Å². The van der Waals surface area contributed by atoms with E-state index in [1.165, 1.54) is 0 Å². The standard InChI is InChI=1S/C17H20N2O4/c1-11(20)19-5-4-17(9-12(17)10-19)16(21)18-13-2-3-14-15(8-13)23-7-6-22-14/h2-3,8,12H,4-7,9-10H2,1H3,(H,18,21)/t12-,17-/m0/s1. The van der Waals surface area contributed by atoms with Gasteiger partial charge >= 0.3 is 0 Å². The van der Waals surface area contributed by atoms with E-state index in [4.69, 9.17) is 9.47 Å². The Morgan fingerprint density at radius 3 is 2.78 bits per heavy atom. The number of carbonyl (C=O) groups excluding carboxylic acids is 2. The molecule has 2 aliphatic heterocycles. The molecule has 6 heteroatoms. The van der Waals surface area contributed by atoms with Gasteiger partial charge in [0.15, 0.2) is 11.5 Å². The zero-order chi connectivity index (χ0) is 16.0. The average molecular weight is 316 g/mol. The summed E-state index contributed by atoms with van der Waals surface area (Å²) in [5.74, 6) is 1.83. The Balaban J connectivity index is 1.44. The predicted octanol–water partition coefficient (Wildman–Crippen LogP) is 1.65. The van der Waals surface area contributed by atoms with E-state index in [2.05, 4.69) is 5.32 Å². The van der Waals surface area contributed by atoms with E-state index in [9.17, 15) is 9.59 Å². The van der Waals surface area contributed by atoms with Gasteiger partial charge in [-0.1, -0.05) is 0 Å². The van der Waals surface area contributed by atoms with Crippen LogP contribution in [0.2, 0.25) is 0 Å². The molecule has 1 aromatic carbocycles. The Labute approximate surface area is 134 Å². The summed E-state index contributed by atoms with van der Waals surface area (Å²) < 4.78 is 11.0. The Hall–Kier alpha value is -2.24. The highest BCUT2D eigenvalue weighted by molar-refractivity contribution is 5.98. The van der Waals surface area contributed by atoms with E-state index in [1.54, 1.807) is 6.92 Å². The molecule has 0 bridgehead atoms. The Morgan fingerprint density at radius 1 is 1.26 bits per heavy atom. The molecular formula is C17H20N2O4. The molecule has 2 heterocycles. The summed E-state index contributed by atoms with van der Waals surface area (Å²) in [6.07, 6.45) is 1.61. The zero-order valence-corrected chi connectivity index (χ0v) is 13.1. The molecule has 2 amide bonds. The molecule has 0 spiro atoms. The van der Waals surface area contributed by atoms with Gasteiger partial charge < -0.3 is 19.7 Å². The number of fused-ring (bicyclic) bond motifs is 2. The molecule has 3 aliphatic rings. The number of ether oxygens (including phenoxy) is 2. The molecule has 1 aliphatic carbocycles. The number of hydrogen-bond acceptors (Lipinski definition) is 4. The molecule has 6 nitrogen and oxygen atoms in total. The van der Waals surface area contributed by atoms with E-state index >= 15 is 0 Å². The summed E-state index contributed by atoms with van der Waals surface area (Å²) in [6.45, 7) is 4.03. The number of anilines is 1. The number of hydrogen-bond donors (Lipinski definition) is 1. The lowest BCUT2D eigenvalue weighted by atomic mass is 9.94. The molecule has 0 radical (unpaired) electrons. The number of rotatable bonds is 2. The van der Waals surface area contributed by atoms with Gasteiger partial charge in [-0.2, -0.15) is 0 Å². The fourth-order valence-electron chi connectivity index (χ4n) is 3.67. The first-order valence-electron chi connectivity index (χ1n) is 8.05. The average Bonchev–Trinajstić information content (AvgIpc) is 3.29. The summed E-state index contributed by atoms with van der Waals surface area (Å²) in [6, 6.07) is 5.47. The highest BCUT2D eigenvalue weighted by atomic mass is 16.6. The Bertz CT molecular complexity index is 675. The lowest BCUT2D eigenvalue weighted by molar-refractivity contribution is -0.132. The fraction of sp³-hybridized carbons (Fsp3) is 0.529. The molecular weight excluding hydrogens is 296 g/mol. The monoisotopic (exact) mass is 316 g/mol. The third kappa shape index (κ3) is 2.42. The normalized spacial score (nSPS) is 27.9. The lowest BCUT2D eigenvalue weighted by Crippen LogP contribution is -2.41. The first-order chi connectivity index (χ1) is 11.1. The van der Waals surface area contributed by atoms with Gasteiger partial charge in [0.2, 0.25) is 11.8 Å². The van der Waals surface area contributed by atoms with Crippen molar-refractivity contribution in [1.29, 1.82) is 0 Å². The maximum absolute atomic E-state index is 12.7. The maximum Gasteiger partial charge on any atom is 0.231 e. The molecule has 122 valence electrons. The molecule has 1 saturated carbocycles. The van der Waals surface area contributed by atoms with Crippen molar-refractivity contribution in [2.45, 2.75) is 19.8 Å². The SMILES string of the molecule is CC(=O)N1CC[C@]2(C(=O)Nc3ccc4c(c3)OCCO4)C[C@H]2C1. The van der Waals surface area contributed by atoms with E-state index in [0.717, 1.165) is 18.5 Å². The lowest BCUT2D eigenvalue weighted by Gasteiger charge is -2.30. The molecule has 0 unspecified atom stereocenters. The molecule has 0 aromatic heterocycles. The van der Waals surface area contributed by atoms with Crippen LogP contribution < -0.4 is 14.8 Å². The van der Waals surface area contributed by atoms with Gasteiger partial charge in [-0.3, -0.25) is 9.59 Å². The second kappa shape index (κ2) is 5.15. The summed E-state index contributed by atoms with van der Waals surface area (Å²) in [5, 5.41) is 3.01. The highest BCUT2D eigenvalue weighted by Crippen LogP contribution is 2.58. The predicted molar refractivity (Wildman–Crippen MR) is 83.5 cm³/mol. The second-order valence-corrected chi connectivity index (χ2v) is 6.58. The first-order valence-corrected chi connectivity index (χ1v) is 8.05. The van der Waals surface area contributed by atoms with E-state index < -0.39 is 0 Å². The molecule has 2 atom stereocenters. The molecule has 1 aromatic rings.